The van der Waals surface area contributed by atoms with Crippen molar-refractivity contribution >= 4 is 98.0 Å². The molecule has 2 nitrogen and oxygen atoms in total. The monoisotopic (exact) mass is 820 g/mol. The molecule has 0 amide bonds. The van der Waals surface area contributed by atoms with Crippen LogP contribution in [0.25, 0.3) is 74.7 Å². The Morgan fingerprint density at radius 1 is 0.238 bits per heavy atom. The van der Waals surface area contributed by atoms with Crippen molar-refractivity contribution in [3.05, 3.63) is 243 Å². The molecular weight excluding hydrogens is 781 g/mol. The van der Waals surface area contributed by atoms with Crippen molar-refractivity contribution in [3.8, 4) is 22.3 Å². The Kier molecular flexibility index (Phi) is 9.06. The van der Waals surface area contributed by atoms with Crippen LogP contribution in [-0.2, 0) is 0 Å². The van der Waals surface area contributed by atoms with E-state index in [2.05, 4.69) is 252 Å². The Bertz CT molecular complexity index is 3500. The van der Waals surface area contributed by atoms with Crippen molar-refractivity contribution in [3.63, 3.8) is 0 Å². The summed E-state index contributed by atoms with van der Waals surface area (Å²) in [6, 6.07) is 88.4. The first-order valence-corrected chi connectivity index (χ1v) is 22.3. The molecule has 11 aromatic carbocycles. The molecule has 63 heavy (non-hydrogen) atoms. The molecule has 3 heteroatoms. The van der Waals surface area contributed by atoms with Crippen molar-refractivity contribution in [2.45, 2.75) is 0 Å². The Morgan fingerprint density at radius 2 is 0.683 bits per heavy atom. The molecular formula is C60H40N2S. The van der Waals surface area contributed by atoms with Crippen molar-refractivity contribution in [1.29, 1.82) is 0 Å². The third-order valence-corrected chi connectivity index (χ3v) is 13.6. The maximum absolute atomic E-state index is 2.40. The summed E-state index contributed by atoms with van der Waals surface area (Å²) < 4.78 is 2.52. The SMILES string of the molecule is c1ccc(N(c2ccccc2)c2ccc3sc4c(-c5cccc(-c6ccc7c8ccccc8c8ccccc8c7c6)c5)cc(N(c5ccccc5)c5ccccc5)cc4c3c2)cc1. The van der Waals surface area contributed by atoms with E-state index in [9.17, 15) is 0 Å². The van der Waals surface area contributed by atoms with Crippen molar-refractivity contribution < 1.29 is 0 Å². The predicted octanol–water partition coefficient (Wildman–Crippen LogP) is 17.8. The molecule has 0 N–H and O–H groups in total. The molecule has 1 heterocycles. The van der Waals surface area contributed by atoms with Crippen LogP contribution >= 0.6 is 11.3 Å². The first-order valence-electron chi connectivity index (χ1n) is 21.5. The summed E-state index contributed by atoms with van der Waals surface area (Å²) in [7, 11) is 0. The minimum atomic E-state index is 1.11. The number of hydrogen-bond donors (Lipinski definition) is 0. The maximum atomic E-state index is 2.40. The third kappa shape index (κ3) is 6.50. The van der Waals surface area contributed by atoms with E-state index in [1.165, 1.54) is 74.7 Å². The topological polar surface area (TPSA) is 6.48 Å². The fourth-order valence-electron chi connectivity index (χ4n) is 9.49. The molecule has 12 aromatic rings. The van der Waals surface area contributed by atoms with E-state index in [4.69, 9.17) is 0 Å². The highest BCUT2D eigenvalue weighted by Gasteiger charge is 2.21. The molecule has 0 aliphatic rings. The lowest BCUT2D eigenvalue weighted by molar-refractivity contribution is 1.29. The van der Waals surface area contributed by atoms with Gasteiger partial charge in [-0.15, -0.1) is 11.3 Å². The van der Waals surface area contributed by atoms with E-state index in [0.717, 1.165) is 34.1 Å². The molecule has 0 radical (unpaired) electrons. The largest absolute Gasteiger partial charge is 0.310 e. The second kappa shape index (κ2) is 15.5. The van der Waals surface area contributed by atoms with Gasteiger partial charge in [-0.25, -0.2) is 0 Å². The molecule has 12 rings (SSSR count). The van der Waals surface area contributed by atoms with Crippen LogP contribution in [0.15, 0.2) is 243 Å². The first kappa shape index (κ1) is 36.8. The van der Waals surface area contributed by atoms with Crippen LogP contribution in [0.2, 0.25) is 0 Å². The van der Waals surface area contributed by atoms with Crippen LogP contribution in [0.4, 0.5) is 34.1 Å². The van der Waals surface area contributed by atoms with Crippen LogP contribution in [0.1, 0.15) is 0 Å². The minimum absolute atomic E-state index is 1.11. The number of para-hydroxylation sites is 4. The average Bonchev–Trinajstić information content (AvgIpc) is 3.73. The van der Waals surface area contributed by atoms with Gasteiger partial charge in [0.05, 0.1) is 0 Å². The van der Waals surface area contributed by atoms with E-state index in [-0.39, 0.29) is 0 Å². The summed E-state index contributed by atoms with van der Waals surface area (Å²) in [5.74, 6) is 0. The number of anilines is 6. The molecule has 0 unspecified atom stereocenters. The molecule has 0 spiro atoms. The minimum Gasteiger partial charge on any atom is -0.310 e. The van der Waals surface area contributed by atoms with Crippen LogP contribution in [0, 0.1) is 0 Å². The van der Waals surface area contributed by atoms with Gasteiger partial charge in [0.25, 0.3) is 0 Å². The average molecular weight is 821 g/mol. The fourth-order valence-corrected chi connectivity index (χ4v) is 10.7. The fraction of sp³-hybridized carbons (Fsp3) is 0. The standard InChI is InChI=1S/C60H40N2S/c1-5-20-44(21-6-1)61(45-22-7-2-8-23-45)48-33-35-59-57(38-48)58-40-49(62(46-24-9-3-10-25-46)47-26-11-4-12-27-47)39-55(60(58)63-59)43-19-17-18-41(36-43)42-32-34-54-52-30-14-13-28-50(52)51-29-15-16-31-53(51)56(54)37-42/h1-40H. The van der Waals surface area contributed by atoms with Gasteiger partial charge in [-0.3, -0.25) is 0 Å². The second-order valence-electron chi connectivity index (χ2n) is 16.1. The van der Waals surface area contributed by atoms with Gasteiger partial charge in [-0.2, -0.15) is 0 Å². The first-order chi connectivity index (χ1) is 31.2. The normalized spacial score (nSPS) is 11.5. The number of thiophene rings is 1. The summed E-state index contributed by atoms with van der Waals surface area (Å²) in [4.78, 5) is 4.74. The van der Waals surface area contributed by atoms with E-state index >= 15 is 0 Å². The zero-order valence-corrected chi connectivity index (χ0v) is 35.2. The summed E-state index contributed by atoms with van der Waals surface area (Å²) in [6.07, 6.45) is 0. The molecule has 0 aliphatic carbocycles. The van der Waals surface area contributed by atoms with Crippen LogP contribution in [0.3, 0.4) is 0 Å². The van der Waals surface area contributed by atoms with Crippen LogP contribution < -0.4 is 9.80 Å². The van der Waals surface area contributed by atoms with E-state index in [1.807, 2.05) is 11.3 Å². The molecule has 0 fully saturated rings. The quantitative estimate of drug-likeness (QED) is 0.141. The van der Waals surface area contributed by atoms with Gasteiger partial charge in [-0.1, -0.05) is 152 Å². The van der Waals surface area contributed by atoms with Gasteiger partial charge < -0.3 is 9.80 Å². The van der Waals surface area contributed by atoms with Gasteiger partial charge >= 0.3 is 0 Å². The summed E-state index contributed by atoms with van der Waals surface area (Å²) in [5.41, 5.74) is 11.5. The van der Waals surface area contributed by atoms with Crippen molar-refractivity contribution in [1.82, 2.24) is 0 Å². The Morgan fingerprint density at radius 3 is 1.24 bits per heavy atom. The number of fused-ring (bicyclic) bond motifs is 9. The molecule has 0 saturated carbocycles. The Balaban J connectivity index is 1.08. The maximum Gasteiger partial charge on any atom is 0.0475 e. The van der Waals surface area contributed by atoms with E-state index < -0.39 is 0 Å². The van der Waals surface area contributed by atoms with Gasteiger partial charge in [0.15, 0.2) is 0 Å². The van der Waals surface area contributed by atoms with Gasteiger partial charge in [0.1, 0.15) is 0 Å². The number of nitrogens with zero attached hydrogens (tertiary/aromatic N) is 2. The number of hydrogen-bond acceptors (Lipinski definition) is 3. The predicted molar refractivity (Wildman–Crippen MR) is 272 cm³/mol. The second-order valence-corrected chi connectivity index (χ2v) is 17.2. The zero-order valence-electron chi connectivity index (χ0n) is 34.4. The smallest absolute Gasteiger partial charge is 0.0475 e. The highest BCUT2D eigenvalue weighted by molar-refractivity contribution is 7.26. The number of rotatable bonds is 8. The third-order valence-electron chi connectivity index (χ3n) is 12.4. The molecule has 1 aromatic heterocycles. The Hall–Kier alpha value is -7.98. The molecule has 296 valence electrons. The zero-order chi connectivity index (χ0) is 41.7. The molecule has 0 atom stereocenters. The van der Waals surface area contributed by atoms with Crippen molar-refractivity contribution in [2.24, 2.45) is 0 Å². The van der Waals surface area contributed by atoms with E-state index in [1.54, 1.807) is 0 Å². The molecule has 0 bridgehead atoms. The molecule has 0 aliphatic heterocycles. The summed E-state index contributed by atoms with van der Waals surface area (Å²) in [5, 5.41) is 10.2. The lowest BCUT2D eigenvalue weighted by Crippen LogP contribution is -2.10. The van der Waals surface area contributed by atoms with Crippen LogP contribution in [0.5, 0.6) is 0 Å². The van der Waals surface area contributed by atoms with E-state index in [0.29, 0.717) is 0 Å². The lowest BCUT2D eigenvalue weighted by Gasteiger charge is -2.26. The molecule has 0 saturated heterocycles. The van der Waals surface area contributed by atoms with Crippen LogP contribution in [-0.4, -0.2) is 0 Å². The van der Waals surface area contributed by atoms with Gasteiger partial charge in [0, 0.05) is 59.9 Å². The lowest BCUT2D eigenvalue weighted by atomic mass is 9.91. The summed E-state index contributed by atoms with van der Waals surface area (Å²) in [6.45, 7) is 0. The highest BCUT2D eigenvalue weighted by atomic mass is 32.1. The highest BCUT2D eigenvalue weighted by Crippen LogP contribution is 2.48. The van der Waals surface area contributed by atoms with Gasteiger partial charge in [-0.05, 0) is 140 Å². The Labute approximate surface area is 370 Å². The number of benzene rings is 11. The summed E-state index contributed by atoms with van der Waals surface area (Å²) >= 11 is 1.88. The van der Waals surface area contributed by atoms with Crippen molar-refractivity contribution in [2.75, 3.05) is 9.80 Å². The van der Waals surface area contributed by atoms with Gasteiger partial charge in [0.2, 0.25) is 0 Å².